The Morgan fingerprint density at radius 2 is 1.86 bits per heavy atom. The summed E-state index contributed by atoms with van der Waals surface area (Å²) in [5, 5.41) is 1.04. The zero-order valence-corrected chi connectivity index (χ0v) is 18.9. The number of nitrogens with zero attached hydrogens (tertiary/aromatic N) is 3. The van der Waals surface area contributed by atoms with Crippen molar-refractivity contribution in [3.05, 3.63) is 39.2 Å². The molecule has 0 saturated carbocycles. The molecule has 4 nitrogen and oxygen atoms in total. The summed E-state index contributed by atoms with van der Waals surface area (Å²) < 4.78 is 0. The van der Waals surface area contributed by atoms with E-state index >= 15 is 0 Å². The second kappa shape index (κ2) is 8.97. The van der Waals surface area contributed by atoms with Gasteiger partial charge in [0.15, 0.2) is 0 Å². The highest BCUT2D eigenvalue weighted by Crippen LogP contribution is 2.32. The van der Waals surface area contributed by atoms with E-state index in [1.54, 1.807) is 11.3 Å². The molecule has 2 aliphatic rings. The van der Waals surface area contributed by atoms with Gasteiger partial charge in [-0.3, -0.25) is 4.79 Å². The molecule has 2 fully saturated rings. The number of carbonyl (C=O) groups excluding carboxylic acids is 1. The minimum absolute atomic E-state index is 0.281. The SMILES string of the molecule is Cc1ccc(-c2nc(C)sc2CC(=O)N2CCCCC2CN2CCCC2)c(C)c1. The van der Waals surface area contributed by atoms with Crippen molar-refractivity contribution < 1.29 is 4.79 Å². The van der Waals surface area contributed by atoms with Crippen molar-refractivity contribution in [2.45, 2.75) is 65.3 Å². The Bertz CT molecular complexity index is 869. The maximum Gasteiger partial charge on any atom is 0.228 e. The fraction of sp³-hybridized carbons (Fsp3) is 0.583. The Kier molecular flexibility index (Phi) is 6.35. The van der Waals surface area contributed by atoms with Crippen molar-refractivity contribution in [2.24, 2.45) is 0 Å². The Balaban J connectivity index is 1.53. The standard InChI is InChI=1S/C24H33N3OS/c1-17-9-10-21(18(2)14-17)24-22(29-19(3)25-24)15-23(28)27-13-5-4-8-20(27)16-26-11-6-7-12-26/h9-10,14,20H,4-8,11-13,15-16H2,1-3H3. The molecule has 1 unspecified atom stereocenters. The molecule has 156 valence electrons. The maximum absolute atomic E-state index is 13.4. The van der Waals surface area contributed by atoms with Crippen molar-refractivity contribution in [1.82, 2.24) is 14.8 Å². The van der Waals surface area contributed by atoms with Crippen LogP contribution < -0.4 is 0 Å². The number of thiazole rings is 1. The zero-order valence-electron chi connectivity index (χ0n) is 18.0. The van der Waals surface area contributed by atoms with E-state index in [1.807, 2.05) is 6.92 Å². The van der Waals surface area contributed by atoms with E-state index in [-0.39, 0.29) is 5.91 Å². The molecule has 2 aliphatic heterocycles. The van der Waals surface area contributed by atoms with E-state index in [0.717, 1.165) is 47.1 Å². The lowest BCUT2D eigenvalue weighted by atomic mass is 9.99. The Hall–Kier alpha value is -1.72. The molecule has 1 aromatic carbocycles. The van der Waals surface area contributed by atoms with E-state index < -0.39 is 0 Å². The van der Waals surface area contributed by atoms with Crippen molar-refractivity contribution in [3.63, 3.8) is 0 Å². The largest absolute Gasteiger partial charge is 0.338 e. The van der Waals surface area contributed by atoms with E-state index in [9.17, 15) is 4.79 Å². The van der Waals surface area contributed by atoms with Crippen LogP contribution in [0.25, 0.3) is 11.3 Å². The number of likely N-dealkylation sites (tertiary alicyclic amines) is 2. The lowest BCUT2D eigenvalue weighted by molar-refractivity contribution is -0.134. The summed E-state index contributed by atoms with van der Waals surface area (Å²) in [5.74, 6) is 0.281. The van der Waals surface area contributed by atoms with Gasteiger partial charge in [-0.2, -0.15) is 0 Å². The molecule has 2 aromatic rings. The molecule has 1 atom stereocenters. The molecule has 3 heterocycles. The van der Waals surface area contributed by atoms with Gasteiger partial charge in [0.25, 0.3) is 0 Å². The Morgan fingerprint density at radius 3 is 2.62 bits per heavy atom. The van der Waals surface area contributed by atoms with Crippen LogP contribution in [-0.2, 0) is 11.2 Å². The number of hydrogen-bond acceptors (Lipinski definition) is 4. The van der Waals surface area contributed by atoms with Gasteiger partial charge in [0.2, 0.25) is 5.91 Å². The molecule has 0 N–H and O–H groups in total. The third kappa shape index (κ3) is 4.72. The van der Waals surface area contributed by atoms with Crippen LogP contribution >= 0.6 is 11.3 Å². The second-order valence-corrected chi connectivity index (χ2v) is 10.0. The molecule has 2 saturated heterocycles. The molecule has 5 heteroatoms. The van der Waals surface area contributed by atoms with Crippen LogP contribution in [0.4, 0.5) is 0 Å². The van der Waals surface area contributed by atoms with Gasteiger partial charge in [0.05, 0.1) is 17.1 Å². The van der Waals surface area contributed by atoms with Crippen LogP contribution in [0, 0.1) is 20.8 Å². The molecular formula is C24H33N3OS. The zero-order chi connectivity index (χ0) is 20.4. The monoisotopic (exact) mass is 411 g/mol. The summed E-state index contributed by atoms with van der Waals surface area (Å²) in [7, 11) is 0. The van der Waals surface area contributed by atoms with Gasteiger partial charge in [-0.05, 0) is 71.5 Å². The second-order valence-electron chi connectivity index (χ2n) is 8.74. The minimum Gasteiger partial charge on any atom is -0.338 e. The van der Waals surface area contributed by atoms with Gasteiger partial charge in [0.1, 0.15) is 0 Å². The molecule has 1 amide bonds. The fourth-order valence-electron chi connectivity index (χ4n) is 4.90. The number of aromatic nitrogens is 1. The van der Waals surface area contributed by atoms with Crippen molar-refractivity contribution in [2.75, 3.05) is 26.2 Å². The van der Waals surface area contributed by atoms with E-state index in [0.29, 0.717) is 12.5 Å². The predicted molar refractivity (Wildman–Crippen MR) is 120 cm³/mol. The molecule has 1 aromatic heterocycles. The highest BCUT2D eigenvalue weighted by atomic mass is 32.1. The number of carbonyl (C=O) groups is 1. The molecule has 4 rings (SSSR count). The van der Waals surface area contributed by atoms with Gasteiger partial charge in [-0.25, -0.2) is 4.98 Å². The number of amides is 1. The first-order chi connectivity index (χ1) is 14.0. The van der Waals surface area contributed by atoms with Crippen LogP contribution in [-0.4, -0.2) is 52.9 Å². The molecule has 0 radical (unpaired) electrons. The number of rotatable bonds is 5. The number of aryl methyl sites for hydroxylation is 3. The van der Waals surface area contributed by atoms with Gasteiger partial charge in [0, 0.05) is 29.6 Å². The first-order valence-corrected chi connectivity index (χ1v) is 11.9. The van der Waals surface area contributed by atoms with Gasteiger partial charge < -0.3 is 9.80 Å². The van der Waals surface area contributed by atoms with Crippen LogP contribution in [0.1, 0.15) is 53.1 Å². The topological polar surface area (TPSA) is 36.4 Å². The van der Waals surface area contributed by atoms with Crippen molar-refractivity contribution >= 4 is 17.2 Å². The number of piperidine rings is 1. The Morgan fingerprint density at radius 1 is 1.10 bits per heavy atom. The van der Waals surface area contributed by atoms with Crippen molar-refractivity contribution in [3.8, 4) is 11.3 Å². The van der Waals surface area contributed by atoms with Crippen LogP contribution in [0.15, 0.2) is 18.2 Å². The molecule has 0 aliphatic carbocycles. The lowest BCUT2D eigenvalue weighted by Crippen LogP contribution is -2.49. The summed E-state index contributed by atoms with van der Waals surface area (Å²) in [4.78, 5) is 24.0. The smallest absolute Gasteiger partial charge is 0.228 e. The molecule has 0 bridgehead atoms. The summed E-state index contributed by atoms with van der Waals surface area (Å²) in [6, 6.07) is 6.88. The van der Waals surface area contributed by atoms with Crippen LogP contribution in [0.5, 0.6) is 0 Å². The highest BCUT2D eigenvalue weighted by molar-refractivity contribution is 7.12. The third-order valence-corrected chi connectivity index (χ3v) is 7.34. The highest BCUT2D eigenvalue weighted by Gasteiger charge is 2.30. The maximum atomic E-state index is 13.4. The van der Waals surface area contributed by atoms with Crippen LogP contribution in [0.3, 0.4) is 0 Å². The fourth-order valence-corrected chi connectivity index (χ4v) is 5.84. The van der Waals surface area contributed by atoms with Gasteiger partial charge >= 0.3 is 0 Å². The minimum atomic E-state index is 0.281. The third-order valence-electron chi connectivity index (χ3n) is 6.37. The summed E-state index contributed by atoms with van der Waals surface area (Å²) in [6.45, 7) is 10.7. The van der Waals surface area contributed by atoms with E-state index in [1.165, 1.54) is 43.5 Å². The van der Waals surface area contributed by atoms with Crippen LogP contribution in [0.2, 0.25) is 0 Å². The van der Waals surface area contributed by atoms with Crippen molar-refractivity contribution in [1.29, 1.82) is 0 Å². The quantitative estimate of drug-likeness (QED) is 0.712. The first kappa shape index (κ1) is 20.5. The predicted octanol–water partition coefficient (Wildman–Crippen LogP) is 4.75. The molecule has 29 heavy (non-hydrogen) atoms. The Labute approximate surface area is 178 Å². The normalized spacial score (nSPS) is 20.4. The summed E-state index contributed by atoms with van der Waals surface area (Å²) >= 11 is 1.68. The average Bonchev–Trinajstić information content (AvgIpc) is 3.32. The summed E-state index contributed by atoms with van der Waals surface area (Å²) in [6.07, 6.45) is 6.61. The first-order valence-electron chi connectivity index (χ1n) is 11.1. The molecular weight excluding hydrogens is 378 g/mol. The van der Waals surface area contributed by atoms with E-state index in [2.05, 4.69) is 41.8 Å². The van der Waals surface area contributed by atoms with Gasteiger partial charge in [-0.15, -0.1) is 11.3 Å². The van der Waals surface area contributed by atoms with Gasteiger partial charge in [-0.1, -0.05) is 23.8 Å². The van der Waals surface area contributed by atoms with E-state index in [4.69, 9.17) is 4.98 Å². The molecule has 0 spiro atoms. The number of benzene rings is 1. The average molecular weight is 412 g/mol. The lowest BCUT2D eigenvalue weighted by Gasteiger charge is -2.38. The summed E-state index contributed by atoms with van der Waals surface area (Å²) in [5.41, 5.74) is 4.66. The number of hydrogen-bond donors (Lipinski definition) is 0.